The number of alkyl halides is 3. The number of rotatable bonds is 7. The number of hydrogen-bond donors (Lipinski definition) is 2. The Bertz CT molecular complexity index is 800. The lowest BCUT2D eigenvalue weighted by Crippen LogP contribution is -2.35. The molecule has 0 aliphatic heterocycles. The minimum atomic E-state index is -4.36. The molecule has 0 spiro atoms. The Morgan fingerprint density at radius 3 is 2.54 bits per heavy atom. The van der Waals surface area contributed by atoms with Gasteiger partial charge in [-0.2, -0.15) is 13.2 Å². The Kier molecular flexibility index (Phi) is 6.66. The highest BCUT2D eigenvalue weighted by atomic mass is 32.2. The highest BCUT2D eigenvalue weighted by Gasteiger charge is 2.30. The molecule has 1 aromatic carbocycles. The molecule has 1 amide bonds. The van der Waals surface area contributed by atoms with Crippen molar-refractivity contribution >= 4 is 17.7 Å². The summed E-state index contributed by atoms with van der Waals surface area (Å²) in [5, 5.41) is 13.1. The lowest BCUT2D eigenvalue weighted by atomic mass is 10.1. The van der Waals surface area contributed by atoms with Crippen molar-refractivity contribution in [1.29, 1.82) is 0 Å². The first kappa shape index (κ1) is 20.7. The smallest absolute Gasteiger partial charge is 0.390 e. The number of nitrogens with one attached hydrogen (secondary N) is 1. The molecule has 1 fully saturated rings. The first-order valence-corrected chi connectivity index (χ1v) is 10.1. The molecular formula is C19H22F3N3O2S. The van der Waals surface area contributed by atoms with Crippen molar-refractivity contribution in [3.8, 4) is 0 Å². The zero-order valence-corrected chi connectivity index (χ0v) is 16.0. The van der Waals surface area contributed by atoms with Crippen LogP contribution in [0.2, 0.25) is 0 Å². The number of carbonyl (C=O) groups excluding carboxylic acids is 1. The molecule has 0 bridgehead atoms. The topological polar surface area (TPSA) is 67.2 Å². The number of aliphatic hydroxyl groups excluding tert-OH is 1. The Morgan fingerprint density at radius 2 is 1.93 bits per heavy atom. The second kappa shape index (κ2) is 9.00. The van der Waals surface area contributed by atoms with Gasteiger partial charge in [0.25, 0.3) is 0 Å². The lowest BCUT2D eigenvalue weighted by molar-refractivity contribution is -0.137. The van der Waals surface area contributed by atoms with E-state index in [9.17, 15) is 23.1 Å². The summed E-state index contributed by atoms with van der Waals surface area (Å²) in [4.78, 5) is 16.6. The molecule has 1 aromatic heterocycles. The number of aliphatic hydroxyl groups is 1. The fourth-order valence-electron chi connectivity index (χ4n) is 3.23. The predicted molar refractivity (Wildman–Crippen MR) is 99.6 cm³/mol. The van der Waals surface area contributed by atoms with E-state index in [0.29, 0.717) is 22.2 Å². The molecule has 2 aromatic rings. The number of carbonyl (C=O) groups is 1. The first-order chi connectivity index (χ1) is 13.4. The van der Waals surface area contributed by atoms with Crippen molar-refractivity contribution < 1.29 is 23.1 Å². The number of hydrogen-bond acceptors (Lipinski definition) is 4. The molecule has 1 aliphatic rings. The first-order valence-electron chi connectivity index (χ1n) is 9.10. The molecule has 1 aliphatic carbocycles. The Morgan fingerprint density at radius 1 is 1.25 bits per heavy atom. The third-order valence-electron chi connectivity index (χ3n) is 4.73. The van der Waals surface area contributed by atoms with Crippen molar-refractivity contribution in [3.63, 3.8) is 0 Å². The van der Waals surface area contributed by atoms with Gasteiger partial charge in [-0.3, -0.25) is 4.79 Å². The van der Waals surface area contributed by atoms with E-state index in [1.54, 1.807) is 4.57 Å². The van der Waals surface area contributed by atoms with Crippen LogP contribution >= 0.6 is 11.8 Å². The van der Waals surface area contributed by atoms with E-state index in [4.69, 9.17) is 0 Å². The molecule has 1 saturated carbocycles. The zero-order chi connectivity index (χ0) is 20.1. The number of imidazole rings is 1. The zero-order valence-electron chi connectivity index (χ0n) is 15.2. The van der Waals surface area contributed by atoms with Gasteiger partial charge in [0, 0.05) is 11.8 Å². The molecule has 0 radical (unpaired) electrons. The largest absolute Gasteiger partial charge is 0.416 e. The molecule has 9 heteroatoms. The molecule has 2 N–H and O–H groups in total. The number of benzene rings is 1. The molecule has 0 unspecified atom stereocenters. The van der Waals surface area contributed by atoms with Gasteiger partial charge < -0.3 is 15.0 Å². The second-order valence-corrected chi connectivity index (χ2v) is 7.75. The third kappa shape index (κ3) is 5.29. The van der Waals surface area contributed by atoms with E-state index >= 15 is 0 Å². The number of nitrogens with zero attached hydrogens (tertiary/aromatic N) is 2. The maximum absolute atomic E-state index is 12.7. The molecule has 0 atom stereocenters. The third-order valence-corrected chi connectivity index (χ3v) is 5.80. The molecule has 3 rings (SSSR count). The van der Waals surface area contributed by atoms with Gasteiger partial charge in [-0.25, -0.2) is 4.98 Å². The second-order valence-electron chi connectivity index (χ2n) is 6.81. The number of aromatic nitrogens is 2. The summed E-state index contributed by atoms with van der Waals surface area (Å²) in [5.74, 6) is 0.278. The summed E-state index contributed by atoms with van der Waals surface area (Å²) < 4.78 is 39.6. The van der Waals surface area contributed by atoms with E-state index in [1.165, 1.54) is 30.1 Å². The summed E-state index contributed by atoms with van der Waals surface area (Å²) in [6, 6.07) is 5.18. The maximum atomic E-state index is 12.7. The van der Waals surface area contributed by atoms with Gasteiger partial charge in [0.15, 0.2) is 5.16 Å². The van der Waals surface area contributed by atoms with Gasteiger partial charge in [0.05, 0.1) is 24.1 Å². The monoisotopic (exact) mass is 413 g/mol. The SMILES string of the molecule is O=C(Cn1c(CO)cnc1SCc1ccc(C(F)(F)F)cc1)NC1CCCC1. The van der Waals surface area contributed by atoms with Crippen LogP contribution in [0.4, 0.5) is 13.2 Å². The van der Waals surface area contributed by atoms with Crippen molar-refractivity contribution in [1.82, 2.24) is 14.9 Å². The van der Waals surface area contributed by atoms with Gasteiger partial charge >= 0.3 is 6.18 Å². The van der Waals surface area contributed by atoms with E-state index in [1.807, 2.05) is 0 Å². The fourth-order valence-corrected chi connectivity index (χ4v) is 4.18. The fraction of sp³-hybridized carbons (Fsp3) is 0.474. The van der Waals surface area contributed by atoms with Crippen LogP contribution in [0.15, 0.2) is 35.6 Å². The van der Waals surface area contributed by atoms with Crippen molar-refractivity contribution in [2.75, 3.05) is 0 Å². The van der Waals surface area contributed by atoms with Crippen molar-refractivity contribution in [3.05, 3.63) is 47.3 Å². The van der Waals surface area contributed by atoms with Crippen LogP contribution in [-0.4, -0.2) is 26.6 Å². The average Bonchev–Trinajstić information content (AvgIpc) is 3.29. The molecule has 28 heavy (non-hydrogen) atoms. The lowest BCUT2D eigenvalue weighted by Gasteiger charge is -2.14. The van der Waals surface area contributed by atoms with E-state index in [0.717, 1.165) is 37.8 Å². The van der Waals surface area contributed by atoms with Crippen LogP contribution in [0.1, 0.15) is 42.5 Å². The van der Waals surface area contributed by atoms with Crippen LogP contribution in [0.25, 0.3) is 0 Å². The van der Waals surface area contributed by atoms with Gasteiger partial charge in [-0.05, 0) is 30.5 Å². The number of amides is 1. The maximum Gasteiger partial charge on any atom is 0.416 e. The number of halogens is 3. The van der Waals surface area contributed by atoms with Crippen LogP contribution in [0, 0.1) is 0 Å². The van der Waals surface area contributed by atoms with Crippen LogP contribution in [-0.2, 0) is 29.9 Å². The normalized spacial score (nSPS) is 15.1. The quantitative estimate of drug-likeness (QED) is 0.679. The van der Waals surface area contributed by atoms with Crippen molar-refractivity contribution in [2.24, 2.45) is 0 Å². The summed E-state index contributed by atoms with van der Waals surface area (Å²) in [6.07, 6.45) is 1.36. The molecule has 5 nitrogen and oxygen atoms in total. The van der Waals surface area contributed by atoms with Crippen LogP contribution in [0.3, 0.4) is 0 Å². The Hall–Kier alpha value is -2.00. The molecule has 0 saturated heterocycles. The predicted octanol–water partition coefficient (Wildman–Crippen LogP) is 3.75. The summed E-state index contributed by atoms with van der Waals surface area (Å²) in [5.41, 5.74) is 0.555. The highest BCUT2D eigenvalue weighted by Crippen LogP contribution is 2.30. The van der Waals surface area contributed by atoms with Crippen molar-refractivity contribution in [2.45, 2.75) is 62.0 Å². The standard InChI is InChI=1S/C19H22F3N3O2S/c20-19(21,22)14-7-5-13(6-8-14)12-28-18-23-9-16(11-26)25(18)10-17(27)24-15-3-1-2-4-15/h5-9,15,26H,1-4,10-12H2,(H,24,27). The van der Waals surface area contributed by atoms with E-state index in [2.05, 4.69) is 10.3 Å². The van der Waals surface area contributed by atoms with Gasteiger partial charge in [0.2, 0.25) is 5.91 Å². The van der Waals surface area contributed by atoms with E-state index in [-0.39, 0.29) is 25.1 Å². The van der Waals surface area contributed by atoms with Gasteiger partial charge in [-0.1, -0.05) is 36.7 Å². The van der Waals surface area contributed by atoms with Gasteiger partial charge in [0.1, 0.15) is 6.54 Å². The van der Waals surface area contributed by atoms with E-state index < -0.39 is 11.7 Å². The summed E-state index contributed by atoms with van der Waals surface area (Å²) >= 11 is 1.31. The Labute approximate surface area is 165 Å². The Balaban J connectivity index is 1.63. The summed E-state index contributed by atoms with van der Waals surface area (Å²) in [7, 11) is 0. The average molecular weight is 413 g/mol. The summed E-state index contributed by atoms with van der Waals surface area (Å²) in [6.45, 7) is -0.188. The molecular weight excluding hydrogens is 391 g/mol. The van der Waals surface area contributed by atoms with Gasteiger partial charge in [-0.15, -0.1) is 0 Å². The van der Waals surface area contributed by atoms with Crippen LogP contribution < -0.4 is 5.32 Å². The minimum Gasteiger partial charge on any atom is -0.390 e. The molecule has 152 valence electrons. The highest BCUT2D eigenvalue weighted by molar-refractivity contribution is 7.98. The number of thioether (sulfide) groups is 1. The van der Waals surface area contributed by atoms with Crippen LogP contribution in [0.5, 0.6) is 0 Å². The minimum absolute atomic E-state index is 0.0573. The molecule has 1 heterocycles.